The number of rotatable bonds is 5. The van der Waals surface area contributed by atoms with Crippen molar-refractivity contribution in [3.63, 3.8) is 0 Å². The summed E-state index contributed by atoms with van der Waals surface area (Å²) in [6.45, 7) is 9.55. The molecule has 2 aliphatic rings. The number of aryl methyl sites for hydroxylation is 3. The van der Waals surface area contributed by atoms with Crippen molar-refractivity contribution in [2.75, 3.05) is 18.4 Å². The molecule has 6 nitrogen and oxygen atoms in total. The molecule has 2 fully saturated rings. The van der Waals surface area contributed by atoms with Crippen molar-refractivity contribution in [3.05, 3.63) is 64.7 Å². The Morgan fingerprint density at radius 3 is 2.45 bits per heavy atom. The fourth-order valence-electron chi connectivity index (χ4n) is 5.25. The number of carbonyl (C=O) groups is 1. The Labute approximate surface area is 197 Å². The first-order valence-corrected chi connectivity index (χ1v) is 13.5. The molecule has 2 saturated heterocycles. The Morgan fingerprint density at radius 1 is 1.09 bits per heavy atom. The Hall–Kier alpha value is -2.22. The summed E-state index contributed by atoms with van der Waals surface area (Å²) in [5.74, 6) is -0.0856. The molecule has 0 aliphatic carbocycles. The number of nitrogens with one attached hydrogen (secondary N) is 2. The summed E-state index contributed by atoms with van der Waals surface area (Å²) in [4.78, 5) is 15.1. The van der Waals surface area contributed by atoms with Crippen molar-refractivity contribution in [1.29, 1.82) is 0 Å². The molecule has 178 valence electrons. The number of carbonyl (C=O) groups excluding carboxylic acids is 1. The normalized spacial score (nSPS) is 25.8. The zero-order valence-electron chi connectivity index (χ0n) is 20.0. The number of amides is 1. The monoisotopic (exact) mass is 469 g/mol. The van der Waals surface area contributed by atoms with Crippen LogP contribution in [-0.4, -0.2) is 38.5 Å². The van der Waals surface area contributed by atoms with Crippen molar-refractivity contribution in [2.24, 2.45) is 11.8 Å². The Bertz CT molecular complexity index is 1120. The SMILES string of the molecule is CCc1ccccc1NC(=O)C1CCN(C2NS(=O)(=O)C(c3ccc(C)c(C)c3)C2C)CC1. The second kappa shape index (κ2) is 9.57. The van der Waals surface area contributed by atoms with E-state index in [4.69, 9.17) is 0 Å². The van der Waals surface area contributed by atoms with Crippen molar-refractivity contribution in [3.8, 4) is 0 Å². The van der Waals surface area contributed by atoms with Gasteiger partial charge in [0.1, 0.15) is 5.25 Å². The average Bonchev–Trinajstić information content (AvgIpc) is 3.04. The molecule has 2 N–H and O–H groups in total. The molecule has 0 bridgehead atoms. The molecule has 2 aromatic carbocycles. The van der Waals surface area contributed by atoms with E-state index in [-0.39, 0.29) is 23.9 Å². The van der Waals surface area contributed by atoms with E-state index in [0.717, 1.165) is 47.2 Å². The first-order valence-electron chi connectivity index (χ1n) is 11.9. The van der Waals surface area contributed by atoms with Gasteiger partial charge in [0.05, 0.1) is 6.17 Å². The number of para-hydroxylation sites is 1. The molecular weight excluding hydrogens is 434 g/mol. The van der Waals surface area contributed by atoms with Crippen LogP contribution in [0.25, 0.3) is 0 Å². The van der Waals surface area contributed by atoms with Gasteiger partial charge in [-0.2, -0.15) is 4.72 Å². The topological polar surface area (TPSA) is 78.5 Å². The van der Waals surface area contributed by atoms with Gasteiger partial charge in [0.25, 0.3) is 0 Å². The van der Waals surface area contributed by atoms with Gasteiger partial charge < -0.3 is 5.32 Å². The first-order chi connectivity index (χ1) is 15.7. The van der Waals surface area contributed by atoms with E-state index >= 15 is 0 Å². The molecule has 7 heteroatoms. The maximum atomic E-state index is 13.1. The summed E-state index contributed by atoms with van der Waals surface area (Å²) in [6.07, 6.45) is 2.07. The molecule has 3 unspecified atom stereocenters. The van der Waals surface area contributed by atoms with Crippen LogP contribution in [0.15, 0.2) is 42.5 Å². The van der Waals surface area contributed by atoms with E-state index in [1.165, 1.54) is 0 Å². The molecule has 1 amide bonds. The van der Waals surface area contributed by atoms with Crippen molar-refractivity contribution < 1.29 is 13.2 Å². The van der Waals surface area contributed by atoms with Gasteiger partial charge in [0.15, 0.2) is 0 Å². The molecule has 2 aliphatic heterocycles. The lowest BCUT2D eigenvalue weighted by Crippen LogP contribution is -2.50. The largest absolute Gasteiger partial charge is 0.326 e. The van der Waals surface area contributed by atoms with Gasteiger partial charge in [-0.25, -0.2) is 8.42 Å². The lowest BCUT2D eigenvalue weighted by molar-refractivity contribution is -0.121. The lowest BCUT2D eigenvalue weighted by atomic mass is 9.91. The second-order valence-electron chi connectivity index (χ2n) is 9.54. The Balaban J connectivity index is 1.41. The van der Waals surface area contributed by atoms with Crippen LogP contribution in [0.5, 0.6) is 0 Å². The zero-order valence-corrected chi connectivity index (χ0v) is 20.8. The van der Waals surface area contributed by atoms with Crippen LogP contribution in [-0.2, 0) is 21.2 Å². The van der Waals surface area contributed by atoms with E-state index in [9.17, 15) is 13.2 Å². The highest BCUT2D eigenvalue weighted by molar-refractivity contribution is 7.90. The van der Waals surface area contributed by atoms with Crippen molar-refractivity contribution >= 4 is 21.6 Å². The first kappa shape index (κ1) is 23.9. The molecule has 33 heavy (non-hydrogen) atoms. The van der Waals surface area contributed by atoms with Crippen LogP contribution in [0.2, 0.25) is 0 Å². The summed E-state index contributed by atoms with van der Waals surface area (Å²) < 4.78 is 29.0. The van der Waals surface area contributed by atoms with Crippen LogP contribution in [0.1, 0.15) is 54.2 Å². The summed E-state index contributed by atoms with van der Waals surface area (Å²) in [5, 5.41) is 2.55. The maximum absolute atomic E-state index is 13.1. The minimum absolute atomic E-state index is 0.0589. The van der Waals surface area contributed by atoms with Crippen LogP contribution in [0.4, 0.5) is 5.69 Å². The molecule has 2 aromatic rings. The third-order valence-electron chi connectivity index (χ3n) is 7.40. The summed E-state index contributed by atoms with van der Waals surface area (Å²) in [5.41, 5.74) is 5.14. The van der Waals surface area contributed by atoms with Gasteiger partial charge in [-0.05, 0) is 61.4 Å². The fourth-order valence-corrected chi connectivity index (χ4v) is 7.32. The molecule has 0 radical (unpaired) electrons. The molecule has 0 aromatic heterocycles. The lowest BCUT2D eigenvalue weighted by Gasteiger charge is -2.37. The van der Waals surface area contributed by atoms with Gasteiger partial charge in [-0.1, -0.05) is 50.2 Å². The predicted molar refractivity (Wildman–Crippen MR) is 132 cm³/mol. The van der Waals surface area contributed by atoms with Crippen LogP contribution < -0.4 is 10.0 Å². The number of nitrogens with zero attached hydrogens (tertiary/aromatic N) is 1. The molecular formula is C26H35N3O3S. The second-order valence-corrected chi connectivity index (χ2v) is 11.4. The van der Waals surface area contributed by atoms with E-state index in [0.29, 0.717) is 13.1 Å². The van der Waals surface area contributed by atoms with Gasteiger partial charge >= 0.3 is 0 Å². The third kappa shape index (κ3) is 4.86. The maximum Gasteiger partial charge on any atom is 0.227 e. The minimum Gasteiger partial charge on any atom is -0.326 e. The standard InChI is InChI=1S/C26H35N3O3S/c1-5-20-8-6-7-9-23(20)27-26(30)21-12-14-29(15-13-21)25-19(4)24(33(31,32)28-25)22-11-10-17(2)18(3)16-22/h6-11,16,19,21,24-25,28H,5,12-15H2,1-4H3,(H,27,30). The smallest absolute Gasteiger partial charge is 0.227 e. The van der Waals surface area contributed by atoms with Crippen LogP contribution >= 0.6 is 0 Å². The average molecular weight is 470 g/mol. The predicted octanol–water partition coefficient (Wildman–Crippen LogP) is 4.15. The quantitative estimate of drug-likeness (QED) is 0.690. The van der Waals surface area contributed by atoms with Crippen molar-refractivity contribution in [1.82, 2.24) is 9.62 Å². The summed E-state index contributed by atoms with van der Waals surface area (Å²) >= 11 is 0. The number of hydrogen-bond acceptors (Lipinski definition) is 4. The number of piperidine rings is 1. The Kier molecular flexibility index (Phi) is 6.93. The number of anilines is 1. The minimum atomic E-state index is -3.47. The summed E-state index contributed by atoms with van der Waals surface area (Å²) in [6, 6.07) is 13.9. The van der Waals surface area contributed by atoms with Gasteiger partial charge in [0, 0.05) is 30.6 Å². The Morgan fingerprint density at radius 2 is 1.79 bits per heavy atom. The number of benzene rings is 2. The highest BCUT2D eigenvalue weighted by atomic mass is 32.2. The fraction of sp³-hybridized carbons (Fsp3) is 0.500. The van der Waals surface area contributed by atoms with E-state index in [2.05, 4.69) is 21.9 Å². The molecule has 2 heterocycles. The molecule has 4 rings (SSSR count). The van der Waals surface area contributed by atoms with Gasteiger partial charge in [0.2, 0.25) is 15.9 Å². The molecule has 3 atom stereocenters. The number of hydrogen-bond donors (Lipinski definition) is 2. The molecule has 0 spiro atoms. The summed E-state index contributed by atoms with van der Waals surface area (Å²) in [7, 11) is -3.47. The van der Waals surface area contributed by atoms with E-state index in [1.54, 1.807) is 0 Å². The highest BCUT2D eigenvalue weighted by Crippen LogP contribution is 2.40. The van der Waals surface area contributed by atoms with Gasteiger partial charge in [-0.15, -0.1) is 0 Å². The van der Waals surface area contributed by atoms with E-state index in [1.807, 2.05) is 63.2 Å². The number of sulfonamides is 1. The molecule has 0 saturated carbocycles. The number of likely N-dealkylation sites (tertiary alicyclic amines) is 1. The van der Waals surface area contributed by atoms with E-state index < -0.39 is 15.3 Å². The third-order valence-corrected chi connectivity index (χ3v) is 9.34. The van der Waals surface area contributed by atoms with Crippen molar-refractivity contribution in [2.45, 2.75) is 58.4 Å². The highest BCUT2D eigenvalue weighted by Gasteiger charge is 2.48. The van der Waals surface area contributed by atoms with Crippen LogP contribution in [0.3, 0.4) is 0 Å². The van der Waals surface area contributed by atoms with Gasteiger partial charge in [-0.3, -0.25) is 9.69 Å². The van der Waals surface area contributed by atoms with Crippen LogP contribution in [0, 0.1) is 25.7 Å². The zero-order chi connectivity index (χ0) is 23.8.